The number of carboxylic acid groups (broad SMARTS) is 2. The number of aromatic carboxylic acids is 2. The summed E-state index contributed by atoms with van der Waals surface area (Å²) in [5.74, 6) is -1.99. The zero-order chi connectivity index (χ0) is 15.1. The van der Waals surface area contributed by atoms with E-state index in [1.54, 1.807) is 36.4 Å². The van der Waals surface area contributed by atoms with Crippen LogP contribution in [0, 0.1) is 0 Å². The van der Waals surface area contributed by atoms with Crippen LogP contribution >= 0.6 is 23.2 Å². The summed E-state index contributed by atoms with van der Waals surface area (Å²) in [5.41, 5.74) is 0.285. The van der Waals surface area contributed by atoms with Crippen LogP contribution in [0.3, 0.4) is 0 Å². The smallest absolute Gasteiger partial charge is 0.337 e. The minimum atomic E-state index is -0.995. The number of carboxylic acids is 2. The van der Waals surface area contributed by atoms with Crippen molar-refractivity contribution in [3.63, 3.8) is 0 Å². The van der Waals surface area contributed by atoms with Gasteiger partial charge in [0.2, 0.25) is 0 Å². The number of rotatable bonds is 2. The first-order valence-electron chi connectivity index (χ1n) is 5.39. The van der Waals surface area contributed by atoms with Gasteiger partial charge in [0.15, 0.2) is 0 Å². The van der Waals surface area contributed by atoms with Crippen molar-refractivity contribution >= 4 is 35.1 Å². The van der Waals surface area contributed by atoms with Gasteiger partial charge in [-0.25, -0.2) is 9.59 Å². The van der Waals surface area contributed by atoms with Crippen molar-refractivity contribution in [2.45, 2.75) is 0 Å². The predicted molar refractivity (Wildman–Crippen MR) is 80.4 cm³/mol. The van der Waals surface area contributed by atoms with Crippen LogP contribution in [-0.4, -0.2) is 27.6 Å². The second kappa shape index (κ2) is 11.1. The fourth-order valence-corrected chi connectivity index (χ4v) is 1.70. The average Bonchev–Trinajstić information content (AvgIpc) is 2.40. The molecule has 8 heteroatoms. The molecule has 0 bridgehead atoms. The van der Waals surface area contributed by atoms with Gasteiger partial charge in [0.1, 0.15) is 0 Å². The zero-order valence-corrected chi connectivity index (χ0v) is 13.3. The third-order valence-electron chi connectivity index (χ3n) is 2.21. The van der Waals surface area contributed by atoms with E-state index in [1.807, 2.05) is 0 Å². The van der Waals surface area contributed by atoms with Gasteiger partial charge in [-0.15, -0.1) is 0 Å². The van der Waals surface area contributed by atoms with Crippen LogP contribution in [-0.2, 0) is 17.1 Å². The second-order valence-corrected chi connectivity index (χ2v) is 4.38. The fraction of sp³-hybridized carbons (Fsp3) is 0. The Morgan fingerprint density at radius 2 is 1.00 bits per heavy atom. The van der Waals surface area contributed by atoms with E-state index in [0.29, 0.717) is 0 Å². The summed E-state index contributed by atoms with van der Waals surface area (Å²) in [5, 5.41) is 17.5. The molecule has 0 fully saturated rings. The van der Waals surface area contributed by atoms with Gasteiger partial charge < -0.3 is 15.7 Å². The van der Waals surface area contributed by atoms with Crippen molar-refractivity contribution in [2.75, 3.05) is 0 Å². The summed E-state index contributed by atoms with van der Waals surface area (Å²) in [4.78, 5) is 20.7. The molecule has 0 unspecified atom stereocenters. The van der Waals surface area contributed by atoms with E-state index in [-0.39, 0.29) is 43.7 Å². The standard InChI is InChI=1S/2C7H5ClO2.Cu.H2O/c2*8-6-4-2-1-3-5(6)7(9)10;;/h2*1-4H,(H,9,10);;1H2. The van der Waals surface area contributed by atoms with Gasteiger partial charge in [-0.05, 0) is 24.3 Å². The molecule has 1 radical (unpaired) electrons. The first-order chi connectivity index (χ1) is 9.43. The van der Waals surface area contributed by atoms with Crippen molar-refractivity contribution in [1.82, 2.24) is 0 Å². The van der Waals surface area contributed by atoms with E-state index in [1.165, 1.54) is 12.1 Å². The molecular formula is C14H12Cl2CuO5. The maximum absolute atomic E-state index is 10.3. The Hall–Kier alpha value is -1.56. The average molecular weight is 395 g/mol. The Morgan fingerprint density at radius 3 is 1.18 bits per heavy atom. The normalized spacial score (nSPS) is 8.45. The Kier molecular flexibility index (Phi) is 11.4. The van der Waals surface area contributed by atoms with Crippen LogP contribution in [0.2, 0.25) is 10.0 Å². The number of hydrogen-bond acceptors (Lipinski definition) is 2. The van der Waals surface area contributed by atoms with E-state index in [0.717, 1.165) is 0 Å². The van der Waals surface area contributed by atoms with Gasteiger partial charge in [-0.2, -0.15) is 0 Å². The summed E-state index contributed by atoms with van der Waals surface area (Å²) in [6, 6.07) is 12.7. The molecule has 0 aliphatic heterocycles. The second-order valence-electron chi connectivity index (χ2n) is 3.57. The molecular weight excluding hydrogens is 383 g/mol. The molecule has 2 rings (SSSR count). The SMILES string of the molecule is O.O=C(O)c1ccccc1Cl.O=C(O)c1ccccc1Cl.[Cu]. The molecule has 0 atom stereocenters. The van der Waals surface area contributed by atoms with Crippen LogP contribution in [0.4, 0.5) is 0 Å². The van der Waals surface area contributed by atoms with Gasteiger partial charge in [-0.1, -0.05) is 47.5 Å². The van der Waals surface area contributed by atoms with E-state index in [2.05, 4.69) is 0 Å². The van der Waals surface area contributed by atoms with Gasteiger partial charge in [0, 0.05) is 17.1 Å². The molecule has 2 aromatic rings. The van der Waals surface area contributed by atoms with Crippen LogP contribution < -0.4 is 0 Å². The molecule has 22 heavy (non-hydrogen) atoms. The molecule has 5 nitrogen and oxygen atoms in total. The Labute approximate surface area is 147 Å². The quantitative estimate of drug-likeness (QED) is 0.762. The molecule has 0 spiro atoms. The largest absolute Gasteiger partial charge is 0.478 e. The van der Waals surface area contributed by atoms with Crippen LogP contribution in [0.5, 0.6) is 0 Å². The third kappa shape index (κ3) is 6.93. The molecule has 0 saturated heterocycles. The molecule has 4 N–H and O–H groups in total. The minimum absolute atomic E-state index is 0. The topological polar surface area (TPSA) is 106 Å². The first-order valence-corrected chi connectivity index (χ1v) is 6.14. The van der Waals surface area contributed by atoms with Crippen molar-refractivity contribution in [1.29, 1.82) is 0 Å². The molecule has 0 amide bonds. The van der Waals surface area contributed by atoms with Crippen LogP contribution in [0.15, 0.2) is 48.5 Å². The number of halogens is 2. The monoisotopic (exact) mass is 393 g/mol. The molecule has 123 valence electrons. The number of carbonyl (C=O) groups is 2. The third-order valence-corrected chi connectivity index (χ3v) is 2.87. The fourth-order valence-electron chi connectivity index (χ4n) is 1.27. The first kappa shape index (κ1) is 22.7. The van der Waals surface area contributed by atoms with Crippen molar-refractivity contribution < 1.29 is 42.3 Å². The van der Waals surface area contributed by atoms with Gasteiger partial charge in [0.05, 0.1) is 21.2 Å². The van der Waals surface area contributed by atoms with Crippen molar-refractivity contribution in [3.05, 3.63) is 69.7 Å². The summed E-state index contributed by atoms with van der Waals surface area (Å²) < 4.78 is 0. The van der Waals surface area contributed by atoms with Crippen molar-refractivity contribution in [3.8, 4) is 0 Å². The number of benzene rings is 2. The zero-order valence-electron chi connectivity index (χ0n) is 10.9. The van der Waals surface area contributed by atoms with E-state index < -0.39 is 11.9 Å². The minimum Gasteiger partial charge on any atom is -0.478 e. The van der Waals surface area contributed by atoms with E-state index >= 15 is 0 Å². The summed E-state index contributed by atoms with van der Waals surface area (Å²) in [6.07, 6.45) is 0. The van der Waals surface area contributed by atoms with Crippen LogP contribution in [0.25, 0.3) is 0 Å². The maximum Gasteiger partial charge on any atom is 0.337 e. The van der Waals surface area contributed by atoms with Gasteiger partial charge in [0.25, 0.3) is 0 Å². The Bertz CT molecular complexity index is 579. The molecule has 0 aromatic heterocycles. The molecule has 0 saturated carbocycles. The van der Waals surface area contributed by atoms with E-state index in [4.69, 9.17) is 33.4 Å². The Morgan fingerprint density at radius 1 is 0.727 bits per heavy atom. The molecule has 0 heterocycles. The summed E-state index contributed by atoms with van der Waals surface area (Å²) in [7, 11) is 0. The van der Waals surface area contributed by atoms with Gasteiger partial charge >= 0.3 is 11.9 Å². The Balaban J connectivity index is 0. The number of hydrogen-bond donors (Lipinski definition) is 2. The molecule has 0 aliphatic carbocycles. The summed E-state index contributed by atoms with van der Waals surface area (Å²) in [6.45, 7) is 0. The molecule has 2 aromatic carbocycles. The summed E-state index contributed by atoms with van der Waals surface area (Å²) >= 11 is 11.1. The van der Waals surface area contributed by atoms with Crippen molar-refractivity contribution in [2.24, 2.45) is 0 Å². The predicted octanol–water partition coefficient (Wildman–Crippen LogP) is 3.25. The molecule has 0 aliphatic rings. The maximum atomic E-state index is 10.3. The van der Waals surface area contributed by atoms with Crippen LogP contribution in [0.1, 0.15) is 20.7 Å². The van der Waals surface area contributed by atoms with Gasteiger partial charge in [-0.3, -0.25) is 0 Å². The van der Waals surface area contributed by atoms with E-state index in [9.17, 15) is 9.59 Å².